The Morgan fingerprint density at radius 2 is 2.29 bits per heavy atom. The van der Waals surface area contributed by atoms with Crippen LogP contribution >= 0.6 is 0 Å². The molecule has 0 aliphatic carbocycles. The van der Waals surface area contributed by atoms with Crippen LogP contribution in [0.5, 0.6) is 0 Å². The van der Waals surface area contributed by atoms with E-state index in [1.807, 2.05) is 4.90 Å². The van der Waals surface area contributed by atoms with Crippen LogP contribution in [-0.4, -0.2) is 54.5 Å². The van der Waals surface area contributed by atoms with Gasteiger partial charge in [0.1, 0.15) is 0 Å². The molecule has 0 aromatic rings. The van der Waals surface area contributed by atoms with Gasteiger partial charge in [0, 0.05) is 25.2 Å². The zero-order valence-electron chi connectivity index (χ0n) is 9.36. The average molecular weight is 199 g/mol. The molecule has 0 aromatic carbocycles. The highest BCUT2D eigenvalue weighted by molar-refractivity contribution is 5.78. The maximum Gasteiger partial charge on any atom is 0.236 e. The quantitative estimate of drug-likeness (QED) is 0.690. The Morgan fingerprint density at radius 1 is 1.64 bits per heavy atom. The van der Waals surface area contributed by atoms with Gasteiger partial charge in [-0.3, -0.25) is 9.69 Å². The first-order valence-corrected chi connectivity index (χ1v) is 5.26. The molecule has 1 atom stereocenters. The Balaban J connectivity index is 2.45. The Bertz CT molecular complexity index is 206. The monoisotopic (exact) mass is 199 g/mol. The van der Waals surface area contributed by atoms with Crippen molar-refractivity contribution in [1.29, 1.82) is 0 Å². The van der Waals surface area contributed by atoms with Crippen molar-refractivity contribution in [3.8, 4) is 0 Å². The highest BCUT2D eigenvalue weighted by atomic mass is 16.2. The van der Waals surface area contributed by atoms with Crippen molar-refractivity contribution in [3.05, 3.63) is 0 Å². The van der Waals surface area contributed by atoms with Gasteiger partial charge < -0.3 is 10.6 Å². The lowest BCUT2D eigenvalue weighted by atomic mass is 10.2. The molecule has 1 saturated heterocycles. The summed E-state index contributed by atoms with van der Waals surface area (Å²) < 4.78 is 0. The van der Waals surface area contributed by atoms with Crippen LogP contribution in [0.2, 0.25) is 0 Å². The van der Waals surface area contributed by atoms with Crippen molar-refractivity contribution >= 4 is 5.91 Å². The molecule has 82 valence electrons. The van der Waals surface area contributed by atoms with Gasteiger partial charge in [-0.25, -0.2) is 0 Å². The SMILES string of the molecule is CC(C)N(C)[C@H]1CCN(C(=O)CN)C1. The minimum atomic E-state index is 0.0738. The number of likely N-dealkylation sites (tertiary alicyclic amines) is 1. The predicted octanol–water partition coefficient (Wildman–Crippen LogP) is -0.114. The number of nitrogens with zero attached hydrogens (tertiary/aromatic N) is 2. The van der Waals surface area contributed by atoms with Crippen LogP contribution in [0.4, 0.5) is 0 Å². The maximum absolute atomic E-state index is 11.3. The van der Waals surface area contributed by atoms with Crippen molar-refractivity contribution in [1.82, 2.24) is 9.80 Å². The lowest BCUT2D eigenvalue weighted by molar-refractivity contribution is -0.128. The molecule has 0 unspecified atom stereocenters. The third-order valence-electron chi connectivity index (χ3n) is 3.08. The zero-order valence-corrected chi connectivity index (χ0v) is 9.36. The summed E-state index contributed by atoms with van der Waals surface area (Å²) in [7, 11) is 2.12. The predicted molar refractivity (Wildman–Crippen MR) is 56.9 cm³/mol. The summed E-state index contributed by atoms with van der Waals surface area (Å²) in [6, 6.07) is 1.04. The van der Waals surface area contributed by atoms with E-state index in [0.717, 1.165) is 19.5 Å². The second-order valence-electron chi connectivity index (χ2n) is 4.25. The number of nitrogens with two attached hydrogens (primary N) is 1. The minimum absolute atomic E-state index is 0.0738. The fraction of sp³-hybridized carbons (Fsp3) is 0.900. The molecule has 1 aliphatic heterocycles. The first kappa shape index (κ1) is 11.5. The van der Waals surface area contributed by atoms with Gasteiger partial charge in [-0.1, -0.05) is 0 Å². The average Bonchev–Trinajstić information content (AvgIpc) is 2.64. The van der Waals surface area contributed by atoms with Crippen LogP contribution in [0.25, 0.3) is 0 Å². The van der Waals surface area contributed by atoms with Crippen molar-refractivity contribution in [2.24, 2.45) is 5.73 Å². The molecule has 1 aliphatic rings. The van der Waals surface area contributed by atoms with Crippen LogP contribution in [0.1, 0.15) is 20.3 Å². The molecule has 4 nitrogen and oxygen atoms in total. The summed E-state index contributed by atoms with van der Waals surface area (Å²) in [5.74, 6) is 0.0738. The lowest BCUT2D eigenvalue weighted by Gasteiger charge is -2.28. The van der Waals surface area contributed by atoms with E-state index >= 15 is 0 Å². The number of likely N-dealkylation sites (N-methyl/N-ethyl adjacent to an activating group) is 1. The summed E-state index contributed by atoms with van der Waals surface area (Å²) in [6.07, 6.45) is 1.07. The Labute approximate surface area is 86.0 Å². The summed E-state index contributed by atoms with van der Waals surface area (Å²) in [5, 5.41) is 0. The van der Waals surface area contributed by atoms with Crippen LogP contribution in [0.15, 0.2) is 0 Å². The van der Waals surface area contributed by atoms with Crippen LogP contribution in [0.3, 0.4) is 0 Å². The second-order valence-corrected chi connectivity index (χ2v) is 4.25. The number of carbonyl (C=O) groups excluding carboxylic acids is 1. The van der Waals surface area contributed by atoms with Crippen molar-refractivity contribution < 1.29 is 4.79 Å². The summed E-state index contributed by atoms with van der Waals surface area (Å²) in [5.41, 5.74) is 5.33. The summed E-state index contributed by atoms with van der Waals surface area (Å²) in [4.78, 5) is 15.5. The maximum atomic E-state index is 11.3. The van der Waals surface area contributed by atoms with Gasteiger partial charge in [-0.15, -0.1) is 0 Å². The Hall–Kier alpha value is -0.610. The zero-order chi connectivity index (χ0) is 10.7. The highest BCUT2D eigenvalue weighted by Gasteiger charge is 2.28. The molecular formula is C10H21N3O. The summed E-state index contributed by atoms with van der Waals surface area (Å²) >= 11 is 0. The molecule has 1 rings (SSSR count). The smallest absolute Gasteiger partial charge is 0.236 e. The first-order chi connectivity index (χ1) is 6.56. The van der Waals surface area contributed by atoms with E-state index in [4.69, 9.17) is 5.73 Å². The van der Waals surface area contributed by atoms with E-state index < -0.39 is 0 Å². The van der Waals surface area contributed by atoms with Crippen molar-refractivity contribution in [2.75, 3.05) is 26.7 Å². The molecule has 1 heterocycles. The van der Waals surface area contributed by atoms with Gasteiger partial charge in [-0.2, -0.15) is 0 Å². The van der Waals surface area contributed by atoms with E-state index in [1.54, 1.807) is 0 Å². The van der Waals surface area contributed by atoms with E-state index in [0.29, 0.717) is 12.1 Å². The lowest BCUT2D eigenvalue weighted by Crippen LogP contribution is -2.41. The standard InChI is InChI=1S/C10H21N3O/c1-8(2)12(3)9-4-5-13(7-9)10(14)6-11/h8-9H,4-7,11H2,1-3H3/t9-/m0/s1. The second kappa shape index (κ2) is 4.75. The number of carbonyl (C=O) groups is 1. The largest absolute Gasteiger partial charge is 0.340 e. The van der Waals surface area contributed by atoms with Crippen molar-refractivity contribution in [2.45, 2.75) is 32.4 Å². The van der Waals surface area contributed by atoms with E-state index in [-0.39, 0.29) is 12.5 Å². The molecule has 0 aromatic heterocycles. The highest BCUT2D eigenvalue weighted by Crippen LogP contribution is 2.15. The molecule has 1 amide bonds. The fourth-order valence-corrected chi connectivity index (χ4v) is 1.85. The van der Waals surface area contributed by atoms with Gasteiger partial charge in [0.15, 0.2) is 0 Å². The van der Waals surface area contributed by atoms with Crippen LogP contribution in [-0.2, 0) is 4.79 Å². The normalized spacial score (nSPS) is 22.4. The molecule has 2 N–H and O–H groups in total. The van der Waals surface area contributed by atoms with Crippen molar-refractivity contribution in [3.63, 3.8) is 0 Å². The van der Waals surface area contributed by atoms with E-state index in [1.165, 1.54) is 0 Å². The molecule has 0 bridgehead atoms. The van der Waals surface area contributed by atoms with Gasteiger partial charge in [-0.05, 0) is 27.3 Å². The van der Waals surface area contributed by atoms with E-state index in [2.05, 4.69) is 25.8 Å². The van der Waals surface area contributed by atoms with Gasteiger partial charge >= 0.3 is 0 Å². The number of rotatable bonds is 3. The molecule has 0 saturated carbocycles. The first-order valence-electron chi connectivity index (χ1n) is 5.26. The Kier molecular flexibility index (Phi) is 3.89. The fourth-order valence-electron chi connectivity index (χ4n) is 1.85. The van der Waals surface area contributed by atoms with Gasteiger partial charge in [0.25, 0.3) is 0 Å². The van der Waals surface area contributed by atoms with E-state index in [9.17, 15) is 4.79 Å². The number of amides is 1. The molecule has 14 heavy (non-hydrogen) atoms. The third kappa shape index (κ3) is 2.45. The molecular weight excluding hydrogens is 178 g/mol. The number of hydrogen-bond donors (Lipinski definition) is 1. The molecule has 4 heteroatoms. The molecule has 0 spiro atoms. The van der Waals surface area contributed by atoms with Gasteiger partial charge in [0.2, 0.25) is 5.91 Å². The summed E-state index contributed by atoms with van der Waals surface area (Å²) in [6.45, 7) is 6.18. The third-order valence-corrected chi connectivity index (χ3v) is 3.08. The topological polar surface area (TPSA) is 49.6 Å². The molecule has 0 radical (unpaired) electrons. The Morgan fingerprint density at radius 3 is 2.79 bits per heavy atom. The van der Waals surface area contributed by atoms with Gasteiger partial charge in [0.05, 0.1) is 6.54 Å². The molecule has 1 fully saturated rings. The minimum Gasteiger partial charge on any atom is -0.340 e. The number of hydrogen-bond acceptors (Lipinski definition) is 3. The van der Waals surface area contributed by atoms with Crippen LogP contribution in [0, 0.1) is 0 Å². The van der Waals surface area contributed by atoms with Crippen LogP contribution < -0.4 is 5.73 Å².